The first-order valence-corrected chi connectivity index (χ1v) is 4.58. The lowest BCUT2D eigenvalue weighted by molar-refractivity contribution is 0.0932. The summed E-state index contributed by atoms with van der Waals surface area (Å²) >= 11 is 0. The summed E-state index contributed by atoms with van der Waals surface area (Å²) in [5.41, 5.74) is 11.4. The van der Waals surface area contributed by atoms with Gasteiger partial charge in [-0.2, -0.15) is 0 Å². The lowest BCUT2D eigenvalue weighted by atomic mass is 10.0. The molecule has 0 saturated carbocycles. The average molecular weight is 187 g/mol. The third-order valence-corrected chi connectivity index (χ3v) is 2.24. The van der Waals surface area contributed by atoms with E-state index < -0.39 is 0 Å². The summed E-state index contributed by atoms with van der Waals surface area (Å²) < 4.78 is 4.86. The number of rotatable bonds is 1. The van der Waals surface area contributed by atoms with E-state index in [9.17, 15) is 4.79 Å². The van der Waals surface area contributed by atoms with Crippen LogP contribution in [0.25, 0.3) is 0 Å². The quantitative estimate of drug-likeness (QED) is 0.580. The molecule has 0 aliphatic carbocycles. The highest BCUT2D eigenvalue weighted by molar-refractivity contribution is 5.67. The molecule has 4 N–H and O–H groups in total. The molecule has 1 heterocycles. The van der Waals surface area contributed by atoms with Gasteiger partial charge in [0.05, 0.1) is 6.61 Å². The van der Waals surface area contributed by atoms with Crippen LogP contribution in [0.5, 0.6) is 0 Å². The van der Waals surface area contributed by atoms with E-state index in [1.807, 2.05) is 0 Å². The molecule has 2 atom stereocenters. The van der Waals surface area contributed by atoms with E-state index in [-0.39, 0.29) is 18.2 Å². The lowest BCUT2D eigenvalue weighted by Gasteiger charge is -2.33. The minimum absolute atomic E-state index is 0.00526. The predicted octanol–water partition coefficient (Wildman–Crippen LogP) is -0.497. The molecule has 0 aromatic heterocycles. The van der Waals surface area contributed by atoms with E-state index in [1.165, 1.54) is 0 Å². The van der Waals surface area contributed by atoms with E-state index in [1.54, 1.807) is 11.8 Å². The van der Waals surface area contributed by atoms with Crippen molar-refractivity contribution in [1.82, 2.24) is 4.90 Å². The largest absolute Gasteiger partial charge is 0.450 e. The highest BCUT2D eigenvalue weighted by Gasteiger charge is 2.27. The minimum Gasteiger partial charge on any atom is -0.450 e. The maximum Gasteiger partial charge on any atom is 0.409 e. The monoisotopic (exact) mass is 187 g/mol. The number of amides is 1. The Labute approximate surface area is 78.0 Å². The Morgan fingerprint density at radius 1 is 1.54 bits per heavy atom. The zero-order valence-corrected chi connectivity index (χ0v) is 7.90. The van der Waals surface area contributed by atoms with Crippen LogP contribution in [0.3, 0.4) is 0 Å². The fourth-order valence-corrected chi connectivity index (χ4v) is 1.38. The summed E-state index contributed by atoms with van der Waals surface area (Å²) in [7, 11) is 0. The Morgan fingerprint density at radius 2 is 2.23 bits per heavy atom. The molecule has 1 saturated heterocycles. The molecular weight excluding hydrogens is 170 g/mol. The number of piperidine rings is 1. The number of nitrogens with zero attached hydrogens (tertiary/aromatic N) is 1. The average Bonchev–Trinajstić information content (AvgIpc) is 2.10. The van der Waals surface area contributed by atoms with Crippen LogP contribution in [0.4, 0.5) is 4.79 Å². The Hall–Kier alpha value is -0.810. The fourth-order valence-electron chi connectivity index (χ4n) is 1.38. The molecule has 1 aliphatic rings. The number of likely N-dealkylation sites (tertiary alicyclic amines) is 1. The highest BCUT2D eigenvalue weighted by Crippen LogP contribution is 2.08. The van der Waals surface area contributed by atoms with Crippen molar-refractivity contribution >= 4 is 6.09 Å². The first-order valence-electron chi connectivity index (χ1n) is 4.58. The lowest BCUT2D eigenvalue weighted by Crippen LogP contribution is -2.56. The molecule has 5 nitrogen and oxygen atoms in total. The van der Waals surface area contributed by atoms with Crippen LogP contribution in [0.1, 0.15) is 13.3 Å². The van der Waals surface area contributed by atoms with Gasteiger partial charge in [-0.1, -0.05) is 0 Å². The summed E-state index contributed by atoms with van der Waals surface area (Å²) in [6.07, 6.45) is 0.463. The molecule has 13 heavy (non-hydrogen) atoms. The van der Waals surface area contributed by atoms with E-state index in [2.05, 4.69) is 0 Å². The molecule has 5 heteroatoms. The van der Waals surface area contributed by atoms with Gasteiger partial charge < -0.3 is 21.1 Å². The van der Waals surface area contributed by atoms with Crippen LogP contribution in [0, 0.1) is 0 Å². The maximum atomic E-state index is 11.3. The molecule has 1 rings (SSSR count). The topological polar surface area (TPSA) is 81.6 Å². The van der Waals surface area contributed by atoms with Gasteiger partial charge in [-0.3, -0.25) is 0 Å². The van der Waals surface area contributed by atoms with Gasteiger partial charge in [-0.05, 0) is 13.3 Å². The highest BCUT2D eigenvalue weighted by atomic mass is 16.6. The van der Waals surface area contributed by atoms with E-state index in [0.29, 0.717) is 19.7 Å². The maximum absolute atomic E-state index is 11.3. The normalized spacial score (nSPS) is 28.7. The third kappa shape index (κ3) is 2.57. The first-order chi connectivity index (χ1) is 6.15. The number of hydrogen-bond donors (Lipinski definition) is 2. The molecule has 0 unspecified atom stereocenters. The van der Waals surface area contributed by atoms with E-state index in [4.69, 9.17) is 16.2 Å². The van der Waals surface area contributed by atoms with Crippen LogP contribution in [0.15, 0.2) is 0 Å². The zero-order chi connectivity index (χ0) is 9.84. The molecule has 0 bridgehead atoms. The van der Waals surface area contributed by atoms with E-state index >= 15 is 0 Å². The van der Waals surface area contributed by atoms with Gasteiger partial charge in [0.25, 0.3) is 0 Å². The van der Waals surface area contributed by atoms with Crippen molar-refractivity contribution in [1.29, 1.82) is 0 Å². The number of hydrogen-bond acceptors (Lipinski definition) is 4. The SMILES string of the molecule is CCOC(=O)N1CC[C@@H](N)[C@@H](N)C1. The van der Waals surface area contributed by atoms with Gasteiger partial charge in [-0.15, -0.1) is 0 Å². The summed E-state index contributed by atoms with van der Waals surface area (Å²) in [5, 5.41) is 0. The molecule has 0 aromatic carbocycles. The molecule has 0 spiro atoms. The summed E-state index contributed by atoms with van der Waals surface area (Å²) in [6, 6.07) is -0.121. The van der Waals surface area contributed by atoms with Crippen LogP contribution in [-0.2, 0) is 4.74 Å². The van der Waals surface area contributed by atoms with Crippen molar-refractivity contribution in [3.63, 3.8) is 0 Å². The number of nitrogens with two attached hydrogens (primary N) is 2. The second-order valence-electron chi connectivity index (χ2n) is 3.26. The number of carbonyl (C=O) groups excluding carboxylic acids is 1. The van der Waals surface area contributed by atoms with Gasteiger partial charge in [0.2, 0.25) is 0 Å². The molecule has 0 aromatic rings. The van der Waals surface area contributed by atoms with Gasteiger partial charge >= 0.3 is 6.09 Å². The Bertz CT molecular complexity index is 186. The van der Waals surface area contributed by atoms with Crippen LogP contribution >= 0.6 is 0 Å². The number of carbonyl (C=O) groups is 1. The van der Waals surface area contributed by atoms with Crippen molar-refractivity contribution < 1.29 is 9.53 Å². The van der Waals surface area contributed by atoms with Crippen molar-refractivity contribution in [3.05, 3.63) is 0 Å². The van der Waals surface area contributed by atoms with Crippen molar-refractivity contribution in [2.75, 3.05) is 19.7 Å². The van der Waals surface area contributed by atoms with E-state index in [0.717, 1.165) is 6.42 Å². The zero-order valence-electron chi connectivity index (χ0n) is 7.90. The summed E-state index contributed by atoms with van der Waals surface area (Å²) in [6.45, 7) is 3.33. The second-order valence-corrected chi connectivity index (χ2v) is 3.26. The number of ether oxygens (including phenoxy) is 1. The Kier molecular flexibility index (Phi) is 3.50. The van der Waals surface area contributed by atoms with Crippen LogP contribution < -0.4 is 11.5 Å². The molecule has 1 amide bonds. The van der Waals surface area contributed by atoms with Gasteiger partial charge in [-0.25, -0.2) is 4.79 Å². The molecule has 1 aliphatic heterocycles. The van der Waals surface area contributed by atoms with Crippen molar-refractivity contribution in [3.8, 4) is 0 Å². The first kappa shape index (κ1) is 10.3. The molecular formula is C8H17N3O2. The van der Waals surface area contributed by atoms with Crippen molar-refractivity contribution in [2.24, 2.45) is 11.5 Å². The minimum atomic E-state index is -0.287. The Balaban J connectivity index is 2.40. The molecule has 76 valence electrons. The summed E-state index contributed by atoms with van der Waals surface area (Å²) in [5.74, 6) is 0. The molecule has 0 radical (unpaired) electrons. The van der Waals surface area contributed by atoms with Gasteiger partial charge in [0, 0.05) is 25.2 Å². The van der Waals surface area contributed by atoms with Gasteiger partial charge in [0.15, 0.2) is 0 Å². The predicted molar refractivity (Wildman–Crippen MR) is 49.2 cm³/mol. The van der Waals surface area contributed by atoms with Crippen LogP contribution in [0.2, 0.25) is 0 Å². The summed E-state index contributed by atoms with van der Waals surface area (Å²) in [4.78, 5) is 12.9. The second kappa shape index (κ2) is 4.43. The van der Waals surface area contributed by atoms with Crippen LogP contribution in [-0.4, -0.2) is 42.8 Å². The Morgan fingerprint density at radius 3 is 2.77 bits per heavy atom. The third-order valence-electron chi connectivity index (χ3n) is 2.24. The standard InChI is InChI=1S/C8H17N3O2/c1-2-13-8(12)11-4-3-6(9)7(10)5-11/h6-7H,2-5,9-10H2,1H3/t6-,7+/m1/s1. The molecule has 1 fully saturated rings. The smallest absolute Gasteiger partial charge is 0.409 e. The fraction of sp³-hybridized carbons (Fsp3) is 0.875. The van der Waals surface area contributed by atoms with Crippen molar-refractivity contribution in [2.45, 2.75) is 25.4 Å². The van der Waals surface area contributed by atoms with Gasteiger partial charge in [0.1, 0.15) is 0 Å².